The van der Waals surface area contributed by atoms with Crippen molar-refractivity contribution in [3.8, 4) is 45.5 Å². The van der Waals surface area contributed by atoms with Crippen LogP contribution >= 0.6 is 0 Å². The van der Waals surface area contributed by atoms with E-state index in [-0.39, 0.29) is 0 Å². The summed E-state index contributed by atoms with van der Waals surface area (Å²) in [6.07, 6.45) is 0. The van der Waals surface area contributed by atoms with Gasteiger partial charge in [0.25, 0.3) is 0 Å². The van der Waals surface area contributed by atoms with E-state index in [0.717, 1.165) is 88.1 Å². The number of aromatic nitrogens is 5. The van der Waals surface area contributed by atoms with E-state index in [1.165, 1.54) is 5.39 Å². The molecule has 0 atom stereocenters. The van der Waals surface area contributed by atoms with Crippen molar-refractivity contribution in [2.24, 2.45) is 0 Å². The molecule has 0 amide bonds. The van der Waals surface area contributed by atoms with Crippen LogP contribution in [0.25, 0.3) is 111 Å². The summed E-state index contributed by atoms with van der Waals surface area (Å²) in [6, 6.07) is 65.6. The van der Waals surface area contributed by atoms with Crippen LogP contribution in [0, 0.1) is 0 Å². The molecule has 12 rings (SSSR count). The second kappa shape index (κ2) is 12.3. The van der Waals surface area contributed by atoms with Gasteiger partial charge in [0, 0.05) is 54.7 Å². The molecule has 0 saturated heterocycles. The van der Waals surface area contributed by atoms with E-state index in [2.05, 4.69) is 149 Å². The number of benzene rings is 8. The maximum Gasteiger partial charge on any atom is 0.238 e. The van der Waals surface area contributed by atoms with Gasteiger partial charge in [-0.3, -0.25) is 4.57 Å². The molecule has 0 radical (unpaired) electrons. The highest BCUT2D eigenvalue weighted by Crippen LogP contribution is 2.46. The molecule has 0 N–H and O–H groups in total. The van der Waals surface area contributed by atoms with Crippen molar-refractivity contribution in [1.82, 2.24) is 24.1 Å². The molecule has 6 heteroatoms. The summed E-state index contributed by atoms with van der Waals surface area (Å²) in [5, 5.41) is 6.66. The number of hydrogen-bond acceptors (Lipinski definition) is 4. The lowest BCUT2D eigenvalue weighted by molar-refractivity contribution is 0.669. The summed E-state index contributed by atoms with van der Waals surface area (Å²) in [6.45, 7) is 0. The van der Waals surface area contributed by atoms with Gasteiger partial charge in [-0.15, -0.1) is 0 Å². The second-order valence-electron chi connectivity index (χ2n) is 14.4. The van der Waals surface area contributed by atoms with Crippen molar-refractivity contribution < 1.29 is 4.42 Å². The molecule has 12 aromatic rings. The average molecular weight is 730 g/mol. The molecule has 0 fully saturated rings. The molecule has 4 aromatic heterocycles. The standard InChI is InChI=1S/C51H31N5O/c1-4-16-32(17-5-1)46-47-38-24-11-14-26-42(38)56(43(47)31-40-36-22-10-13-25-41(36)55(48(40)46)35-20-8-3-9-21-35)51-53-49(33-18-6-2-7-19-33)52-50(54-51)34-28-29-45-39(30-34)37-23-12-15-27-44(37)57-45/h1-31H. The minimum absolute atomic E-state index is 0.548. The van der Waals surface area contributed by atoms with Crippen LogP contribution < -0.4 is 0 Å². The third-order valence-electron chi connectivity index (χ3n) is 11.2. The molecule has 4 heterocycles. The van der Waals surface area contributed by atoms with Crippen LogP contribution in [0.3, 0.4) is 0 Å². The zero-order valence-corrected chi connectivity index (χ0v) is 30.5. The minimum Gasteiger partial charge on any atom is -0.456 e. The monoisotopic (exact) mass is 729 g/mol. The Hall–Kier alpha value is -7.83. The zero-order valence-electron chi connectivity index (χ0n) is 30.5. The van der Waals surface area contributed by atoms with E-state index in [0.29, 0.717) is 17.6 Å². The Labute approximate surface area is 326 Å². The lowest BCUT2D eigenvalue weighted by atomic mass is 9.96. The first-order valence-electron chi connectivity index (χ1n) is 19.1. The van der Waals surface area contributed by atoms with E-state index < -0.39 is 0 Å². The number of para-hydroxylation sites is 4. The van der Waals surface area contributed by atoms with Gasteiger partial charge < -0.3 is 8.98 Å². The van der Waals surface area contributed by atoms with E-state index in [4.69, 9.17) is 19.4 Å². The first kappa shape index (κ1) is 31.5. The van der Waals surface area contributed by atoms with Gasteiger partial charge in [0.1, 0.15) is 11.2 Å². The topological polar surface area (TPSA) is 61.7 Å². The number of hydrogen-bond donors (Lipinski definition) is 0. The SMILES string of the molecule is c1ccc(-c2nc(-c3ccc4oc5ccccc5c4c3)nc(-n3c4ccccc4c4c(-c5ccccc5)c5c(cc43)c3ccccc3n5-c3ccccc3)n2)cc1. The summed E-state index contributed by atoms with van der Waals surface area (Å²) in [7, 11) is 0. The molecular formula is C51H31N5O. The van der Waals surface area contributed by atoms with E-state index in [1.807, 2.05) is 48.5 Å². The van der Waals surface area contributed by atoms with Crippen LogP contribution in [0.15, 0.2) is 192 Å². The van der Waals surface area contributed by atoms with Crippen molar-refractivity contribution in [3.05, 3.63) is 188 Å². The van der Waals surface area contributed by atoms with Crippen LogP contribution in [0.1, 0.15) is 0 Å². The van der Waals surface area contributed by atoms with Crippen molar-refractivity contribution >= 4 is 65.6 Å². The third kappa shape index (κ3) is 4.81. The maximum absolute atomic E-state index is 6.20. The Morgan fingerprint density at radius 2 is 0.947 bits per heavy atom. The van der Waals surface area contributed by atoms with Crippen LogP contribution in [0.4, 0.5) is 0 Å². The van der Waals surface area contributed by atoms with Gasteiger partial charge in [0.05, 0.1) is 22.1 Å². The molecule has 0 saturated carbocycles. The van der Waals surface area contributed by atoms with Gasteiger partial charge in [-0.05, 0) is 60.2 Å². The average Bonchev–Trinajstić information content (AvgIpc) is 3.94. The Balaban J connectivity index is 1.22. The van der Waals surface area contributed by atoms with Gasteiger partial charge in [-0.1, -0.05) is 133 Å². The van der Waals surface area contributed by atoms with Gasteiger partial charge in [-0.25, -0.2) is 4.98 Å². The molecular weight excluding hydrogens is 699 g/mol. The number of nitrogens with zero attached hydrogens (tertiary/aromatic N) is 5. The van der Waals surface area contributed by atoms with Gasteiger partial charge >= 0.3 is 0 Å². The van der Waals surface area contributed by atoms with Crippen LogP contribution in [0.5, 0.6) is 0 Å². The molecule has 0 aliphatic carbocycles. The van der Waals surface area contributed by atoms with Gasteiger partial charge in [-0.2, -0.15) is 9.97 Å². The van der Waals surface area contributed by atoms with Gasteiger partial charge in [0.15, 0.2) is 11.6 Å². The van der Waals surface area contributed by atoms with E-state index in [1.54, 1.807) is 0 Å². The van der Waals surface area contributed by atoms with Crippen molar-refractivity contribution in [1.29, 1.82) is 0 Å². The lowest BCUT2D eigenvalue weighted by Crippen LogP contribution is -2.06. The first-order chi connectivity index (χ1) is 28.3. The summed E-state index contributed by atoms with van der Waals surface area (Å²) in [5.41, 5.74) is 11.2. The highest BCUT2D eigenvalue weighted by atomic mass is 16.3. The molecule has 266 valence electrons. The second-order valence-corrected chi connectivity index (χ2v) is 14.4. The number of fused-ring (bicyclic) bond motifs is 9. The molecule has 0 bridgehead atoms. The Morgan fingerprint density at radius 1 is 0.368 bits per heavy atom. The summed E-state index contributed by atoms with van der Waals surface area (Å²) in [4.78, 5) is 15.8. The van der Waals surface area contributed by atoms with Gasteiger partial charge in [0.2, 0.25) is 5.95 Å². The summed E-state index contributed by atoms with van der Waals surface area (Å²) >= 11 is 0. The molecule has 8 aromatic carbocycles. The predicted octanol–water partition coefficient (Wildman–Crippen LogP) is 13.0. The van der Waals surface area contributed by atoms with Crippen molar-refractivity contribution in [2.75, 3.05) is 0 Å². The van der Waals surface area contributed by atoms with Crippen LogP contribution in [-0.2, 0) is 0 Å². The third-order valence-corrected chi connectivity index (χ3v) is 11.2. The molecule has 0 spiro atoms. The van der Waals surface area contributed by atoms with Crippen LogP contribution in [-0.4, -0.2) is 24.1 Å². The lowest BCUT2D eigenvalue weighted by Gasteiger charge is -2.14. The highest BCUT2D eigenvalue weighted by molar-refractivity contribution is 6.27. The minimum atomic E-state index is 0.548. The fourth-order valence-corrected chi connectivity index (χ4v) is 8.69. The molecule has 6 nitrogen and oxygen atoms in total. The maximum atomic E-state index is 6.20. The quantitative estimate of drug-likeness (QED) is 0.177. The normalized spacial score (nSPS) is 11.9. The van der Waals surface area contributed by atoms with Crippen molar-refractivity contribution in [3.63, 3.8) is 0 Å². The zero-order chi connectivity index (χ0) is 37.5. The largest absolute Gasteiger partial charge is 0.456 e. The molecule has 0 aliphatic heterocycles. The Kier molecular flexibility index (Phi) is 6.83. The van der Waals surface area contributed by atoms with Crippen molar-refractivity contribution in [2.45, 2.75) is 0 Å². The number of rotatable bonds is 5. The Bertz CT molecular complexity index is 3510. The Morgan fingerprint density at radius 3 is 1.70 bits per heavy atom. The van der Waals surface area contributed by atoms with Crippen LogP contribution in [0.2, 0.25) is 0 Å². The molecule has 0 unspecified atom stereocenters. The molecule has 57 heavy (non-hydrogen) atoms. The summed E-state index contributed by atoms with van der Waals surface area (Å²) < 4.78 is 10.8. The highest BCUT2D eigenvalue weighted by Gasteiger charge is 2.25. The smallest absolute Gasteiger partial charge is 0.238 e. The predicted molar refractivity (Wildman–Crippen MR) is 232 cm³/mol. The first-order valence-corrected chi connectivity index (χ1v) is 19.1. The van der Waals surface area contributed by atoms with E-state index >= 15 is 0 Å². The van der Waals surface area contributed by atoms with E-state index in [9.17, 15) is 0 Å². The summed E-state index contributed by atoms with van der Waals surface area (Å²) in [5.74, 6) is 1.73. The fourth-order valence-electron chi connectivity index (χ4n) is 8.69. The molecule has 0 aliphatic rings. The number of furan rings is 1. The fraction of sp³-hybridized carbons (Fsp3) is 0.